The average molecular weight is 363 g/mol. The number of amides is 1. The van der Waals surface area contributed by atoms with Gasteiger partial charge in [-0.25, -0.2) is 4.98 Å². The summed E-state index contributed by atoms with van der Waals surface area (Å²) in [5, 5.41) is 2.88. The zero-order valence-corrected chi connectivity index (χ0v) is 15.9. The van der Waals surface area contributed by atoms with E-state index < -0.39 is 0 Å². The van der Waals surface area contributed by atoms with Crippen LogP contribution in [0.15, 0.2) is 60.7 Å². The summed E-state index contributed by atoms with van der Waals surface area (Å²) in [5.74, 6) is 1.78. The third-order valence-corrected chi connectivity index (χ3v) is 4.50. The molecule has 0 aliphatic carbocycles. The van der Waals surface area contributed by atoms with Crippen molar-refractivity contribution >= 4 is 16.9 Å². The lowest BCUT2D eigenvalue weighted by Crippen LogP contribution is -2.25. The van der Waals surface area contributed by atoms with Crippen LogP contribution in [0, 0.1) is 0 Å². The maximum atomic E-state index is 11.6. The number of aryl methyl sites for hydroxylation is 1. The Hall–Kier alpha value is -3.08. The van der Waals surface area contributed by atoms with Crippen molar-refractivity contribution in [1.29, 1.82) is 0 Å². The molecule has 3 aromatic rings. The van der Waals surface area contributed by atoms with Crippen molar-refractivity contribution < 1.29 is 9.53 Å². The number of hydrogen-bond donors (Lipinski definition) is 1. The first-order chi connectivity index (χ1) is 13.1. The van der Waals surface area contributed by atoms with Crippen molar-refractivity contribution in [1.82, 2.24) is 14.9 Å². The van der Waals surface area contributed by atoms with Gasteiger partial charge in [0.25, 0.3) is 0 Å². The topological polar surface area (TPSA) is 56.2 Å². The monoisotopic (exact) mass is 363 g/mol. The summed E-state index contributed by atoms with van der Waals surface area (Å²) < 4.78 is 7.73. The molecule has 1 amide bonds. The third-order valence-electron chi connectivity index (χ3n) is 4.50. The number of nitrogens with zero attached hydrogens (tertiary/aromatic N) is 2. The van der Waals surface area contributed by atoms with Crippen molar-refractivity contribution in [3.63, 3.8) is 0 Å². The second-order valence-electron chi connectivity index (χ2n) is 6.55. The molecule has 5 nitrogen and oxygen atoms in total. The minimum absolute atomic E-state index is 0.0995. The van der Waals surface area contributed by atoms with Crippen LogP contribution in [-0.2, 0) is 17.8 Å². The molecule has 0 unspecified atom stereocenters. The number of imidazole rings is 1. The van der Waals surface area contributed by atoms with Gasteiger partial charge in [0, 0.05) is 24.1 Å². The van der Waals surface area contributed by atoms with Crippen LogP contribution in [0.4, 0.5) is 0 Å². The van der Waals surface area contributed by atoms with Gasteiger partial charge in [-0.1, -0.05) is 36.9 Å². The standard InChI is InChI=1S/C22H25N3O2/c1-16(2)22(26)23-14-8-13-21-24-18-10-5-6-11-19(18)25(21)15-17-9-4-7-12-20(17)27-3/h4-7,9-12H,1,8,13-15H2,2-3H3,(H,23,26). The number of hydrogen-bond acceptors (Lipinski definition) is 3. The van der Waals surface area contributed by atoms with E-state index in [4.69, 9.17) is 9.72 Å². The minimum atomic E-state index is -0.0995. The molecule has 3 rings (SSSR count). The summed E-state index contributed by atoms with van der Waals surface area (Å²) in [6.07, 6.45) is 1.59. The third kappa shape index (κ3) is 4.37. The summed E-state index contributed by atoms with van der Waals surface area (Å²) in [6, 6.07) is 16.2. The normalized spacial score (nSPS) is 10.7. The Morgan fingerprint density at radius 3 is 2.70 bits per heavy atom. The SMILES string of the molecule is C=C(C)C(=O)NCCCc1nc2ccccc2n1Cc1ccccc1OC. The summed E-state index contributed by atoms with van der Waals surface area (Å²) in [6.45, 7) is 6.66. The second kappa shape index (κ2) is 8.54. The van der Waals surface area contributed by atoms with E-state index in [1.165, 1.54) is 0 Å². The Morgan fingerprint density at radius 1 is 1.19 bits per heavy atom. The van der Waals surface area contributed by atoms with Gasteiger partial charge in [-0.15, -0.1) is 0 Å². The molecule has 5 heteroatoms. The molecule has 0 aliphatic rings. The van der Waals surface area contributed by atoms with Crippen LogP contribution in [0.25, 0.3) is 11.0 Å². The highest BCUT2D eigenvalue weighted by Crippen LogP contribution is 2.23. The van der Waals surface area contributed by atoms with E-state index >= 15 is 0 Å². The molecule has 0 spiro atoms. The predicted octanol–water partition coefficient (Wildman–Crippen LogP) is 3.72. The van der Waals surface area contributed by atoms with Gasteiger partial charge >= 0.3 is 0 Å². The number of rotatable bonds is 8. The number of carbonyl (C=O) groups is 1. The summed E-state index contributed by atoms with van der Waals surface area (Å²) >= 11 is 0. The van der Waals surface area contributed by atoms with Crippen molar-refractivity contribution in [2.45, 2.75) is 26.3 Å². The Kier molecular flexibility index (Phi) is 5.91. The molecule has 0 radical (unpaired) electrons. The van der Waals surface area contributed by atoms with Gasteiger partial charge in [0.05, 0.1) is 24.7 Å². The number of nitrogens with one attached hydrogen (secondary N) is 1. The molecule has 1 aromatic heterocycles. The molecule has 0 saturated heterocycles. The first kappa shape index (κ1) is 18.7. The van der Waals surface area contributed by atoms with Crippen LogP contribution in [0.5, 0.6) is 5.75 Å². The Balaban J connectivity index is 1.81. The van der Waals surface area contributed by atoms with E-state index in [1.54, 1.807) is 14.0 Å². The van der Waals surface area contributed by atoms with Crippen molar-refractivity contribution in [3.05, 3.63) is 72.1 Å². The molecule has 2 aromatic carbocycles. The lowest BCUT2D eigenvalue weighted by molar-refractivity contribution is -0.117. The number of para-hydroxylation sites is 3. The fraction of sp³-hybridized carbons (Fsp3) is 0.273. The van der Waals surface area contributed by atoms with E-state index in [0.29, 0.717) is 18.7 Å². The molecule has 0 fully saturated rings. The van der Waals surface area contributed by atoms with Crippen LogP contribution < -0.4 is 10.1 Å². The average Bonchev–Trinajstić information content (AvgIpc) is 3.03. The zero-order valence-electron chi connectivity index (χ0n) is 15.9. The van der Waals surface area contributed by atoms with Gasteiger partial charge in [-0.2, -0.15) is 0 Å². The molecule has 1 N–H and O–H groups in total. The van der Waals surface area contributed by atoms with Gasteiger partial charge in [-0.3, -0.25) is 4.79 Å². The number of aromatic nitrogens is 2. The maximum Gasteiger partial charge on any atom is 0.246 e. The lowest BCUT2D eigenvalue weighted by atomic mass is 10.2. The number of carbonyl (C=O) groups excluding carboxylic acids is 1. The fourth-order valence-electron chi connectivity index (χ4n) is 3.10. The maximum absolute atomic E-state index is 11.6. The molecule has 1 heterocycles. The second-order valence-corrected chi connectivity index (χ2v) is 6.55. The smallest absolute Gasteiger partial charge is 0.246 e. The molecular formula is C22H25N3O2. The van der Waals surface area contributed by atoms with E-state index in [0.717, 1.165) is 41.0 Å². The minimum Gasteiger partial charge on any atom is -0.496 e. The fourth-order valence-corrected chi connectivity index (χ4v) is 3.10. The van der Waals surface area contributed by atoms with E-state index in [1.807, 2.05) is 36.4 Å². The number of fused-ring (bicyclic) bond motifs is 1. The van der Waals surface area contributed by atoms with E-state index in [9.17, 15) is 4.79 Å². The van der Waals surface area contributed by atoms with Gasteiger partial charge < -0.3 is 14.6 Å². The highest BCUT2D eigenvalue weighted by Gasteiger charge is 2.13. The van der Waals surface area contributed by atoms with Gasteiger partial charge in [0.2, 0.25) is 5.91 Å². The predicted molar refractivity (Wildman–Crippen MR) is 108 cm³/mol. The highest BCUT2D eigenvalue weighted by molar-refractivity contribution is 5.92. The number of ether oxygens (including phenoxy) is 1. The Morgan fingerprint density at radius 2 is 1.93 bits per heavy atom. The van der Waals surface area contributed by atoms with Crippen LogP contribution >= 0.6 is 0 Å². The molecule has 0 atom stereocenters. The summed E-state index contributed by atoms with van der Waals surface area (Å²) in [5.41, 5.74) is 3.72. The van der Waals surface area contributed by atoms with Gasteiger partial charge in [0.15, 0.2) is 0 Å². The van der Waals surface area contributed by atoms with Crippen molar-refractivity contribution in [2.75, 3.05) is 13.7 Å². The molecule has 27 heavy (non-hydrogen) atoms. The molecule has 0 bridgehead atoms. The summed E-state index contributed by atoms with van der Waals surface area (Å²) in [4.78, 5) is 16.4. The number of methoxy groups -OCH3 is 1. The first-order valence-corrected chi connectivity index (χ1v) is 9.10. The van der Waals surface area contributed by atoms with Crippen LogP contribution in [0.3, 0.4) is 0 Å². The molecule has 0 aliphatic heterocycles. The first-order valence-electron chi connectivity index (χ1n) is 9.10. The molecule has 0 saturated carbocycles. The van der Waals surface area contributed by atoms with Crippen LogP contribution in [0.1, 0.15) is 24.7 Å². The quantitative estimate of drug-likeness (QED) is 0.490. The van der Waals surface area contributed by atoms with Gasteiger partial charge in [-0.05, 0) is 31.5 Å². The van der Waals surface area contributed by atoms with E-state index in [-0.39, 0.29) is 5.91 Å². The van der Waals surface area contributed by atoms with Crippen LogP contribution in [0.2, 0.25) is 0 Å². The van der Waals surface area contributed by atoms with E-state index in [2.05, 4.69) is 28.6 Å². The highest BCUT2D eigenvalue weighted by atomic mass is 16.5. The van der Waals surface area contributed by atoms with Crippen LogP contribution in [-0.4, -0.2) is 29.1 Å². The van der Waals surface area contributed by atoms with Gasteiger partial charge in [0.1, 0.15) is 11.6 Å². The lowest BCUT2D eigenvalue weighted by Gasteiger charge is -2.13. The Labute approximate surface area is 159 Å². The van der Waals surface area contributed by atoms with Crippen molar-refractivity contribution in [2.24, 2.45) is 0 Å². The van der Waals surface area contributed by atoms with Crippen molar-refractivity contribution in [3.8, 4) is 5.75 Å². The Bertz CT molecular complexity index is 959. The molecule has 140 valence electrons. The number of benzene rings is 2. The summed E-state index contributed by atoms with van der Waals surface area (Å²) in [7, 11) is 1.69. The zero-order chi connectivity index (χ0) is 19.2. The largest absolute Gasteiger partial charge is 0.496 e. The molecular weight excluding hydrogens is 338 g/mol.